The molecule has 0 aromatic heterocycles. The molecule has 25 heavy (non-hydrogen) atoms. The molecule has 0 radical (unpaired) electrons. The number of rotatable bonds is 6. The van der Waals surface area contributed by atoms with Gasteiger partial charge in [-0.1, -0.05) is 29.8 Å². The Balaban J connectivity index is 2.14. The van der Waals surface area contributed by atoms with Crippen LogP contribution < -0.4 is 0 Å². The van der Waals surface area contributed by atoms with E-state index in [1.165, 1.54) is 6.07 Å². The number of carbonyl (C=O) groups excluding carboxylic acids is 1. The maximum Gasteiger partial charge on any atom is 0.338 e. The SMILES string of the molecule is CCN(C)/C=N/c1ccc(C(=O)OCc2ccccc2F)c(C)c1Cl. The highest BCUT2D eigenvalue weighted by atomic mass is 35.5. The summed E-state index contributed by atoms with van der Waals surface area (Å²) in [4.78, 5) is 18.5. The van der Waals surface area contributed by atoms with Gasteiger partial charge in [-0.2, -0.15) is 0 Å². The molecule has 0 aliphatic carbocycles. The standard InChI is InChI=1S/C19H20ClFN2O2/c1-4-23(3)12-22-17-10-9-15(13(2)18(17)20)19(24)25-11-14-7-5-6-8-16(14)21/h5-10,12H,4,11H2,1-3H3/b22-12+. The van der Waals surface area contributed by atoms with Crippen LogP contribution in [0.25, 0.3) is 0 Å². The van der Waals surface area contributed by atoms with Gasteiger partial charge in [0.1, 0.15) is 12.4 Å². The predicted molar refractivity (Wildman–Crippen MR) is 98.2 cm³/mol. The van der Waals surface area contributed by atoms with Gasteiger partial charge in [-0.25, -0.2) is 14.2 Å². The first-order chi connectivity index (χ1) is 11.9. The molecule has 0 unspecified atom stereocenters. The van der Waals surface area contributed by atoms with Crippen molar-refractivity contribution < 1.29 is 13.9 Å². The van der Waals surface area contributed by atoms with Gasteiger partial charge in [0.25, 0.3) is 0 Å². The van der Waals surface area contributed by atoms with Gasteiger partial charge in [0.15, 0.2) is 0 Å². The van der Waals surface area contributed by atoms with E-state index in [-0.39, 0.29) is 6.61 Å². The summed E-state index contributed by atoms with van der Waals surface area (Å²) in [5, 5.41) is 0.390. The zero-order valence-electron chi connectivity index (χ0n) is 14.4. The maximum absolute atomic E-state index is 13.6. The molecule has 2 rings (SSSR count). The summed E-state index contributed by atoms with van der Waals surface area (Å²) in [5.74, 6) is -0.960. The van der Waals surface area contributed by atoms with Gasteiger partial charge in [0.2, 0.25) is 0 Å². The minimum Gasteiger partial charge on any atom is -0.457 e. The van der Waals surface area contributed by atoms with Crippen LogP contribution in [0.15, 0.2) is 41.4 Å². The molecule has 0 saturated heterocycles. The van der Waals surface area contributed by atoms with Crippen LogP contribution in [0.1, 0.15) is 28.4 Å². The van der Waals surface area contributed by atoms with E-state index in [1.54, 1.807) is 43.6 Å². The molecular formula is C19H20ClFN2O2. The van der Waals surface area contributed by atoms with Gasteiger partial charge in [0, 0.05) is 19.2 Å². The average molecular weight is 363 g/mol. The minimum atomic E-state index is -0.552. The van der Waals surface area contributed by atoms with E-state index in [9.17, 15) is 9.18 Å². The Kier molecular flexibility index (Phi) is 6.53. The maximum atomic E-state index is 13.6. The van der Waals surface area contributed by atoms with Crippen molar-refractivity contribution >= 4 is 29.6 Å². The van der Waals surface area contributed by atoms with Crippen molar-refractivity contribution in [3.63, 3.8) is 0 Å². The first kappa shape index (κ1) is 18.9. The zero-order chi connectivity index (χ0) is 18.4. The number of carbonyl (C=O) groups is 1. The number of aliphatic imine (C=N–C) groups is 1. The lowest BCUT2D eigenvalue weighted by molar-refractivity contribution is 0.0468. The van der Waals surface area contributed by atoms with Crippen LogP contribution in [0.3, 0.4) is 0 Å². The molecule has 0 N–H and O–H groups in total. The molecule has 0 amide bonds. The van der Waals surface area contributed by atoms with E-state index in [4.69, 9.17) is 16.3 Å². The molecule has 0 aliphatic heterocycles. The molecular weight excluding hydrogens is 343 g/mol. The van der Waals surface area contributed by atoms with Gasteiger partial charge in [-0.15, -0.1) is 0 Å². The molecule has 0 spiro atoms. The summed E-state index contributed by atoms with van der Waals surface area (Å²) in [5.41, 5.74) is 1.81. The lowest BCUT2D eigenvalue weighted by Crippen LogP contribution is -2.14. The Labute approximate surface area is 151 Å². The monoisotopic (exact) mass is 362 g/mol. The summed E-state index contributed by atoms with van der Waals surface area (Å²) in [6, 6.07) is 9.45. The fraction of sp³-hybridized carbons (Fsp3) is 0.263. The molecule has 0 aliphatic rings. The van der Waals surface area contributed by atoms with E-state index in [0.29, 0.717) is 27.4 Å². The number of hydrogen-bond acceptors (Lipinski definition) is 3. The summed E-state index contributed by atoms with van der Waals surface area (Å²) < 4.78 is 18.8. The van der Waals surface area contributed by atoms with Crippen molar-refractivity contribution in [2.75, 3.05) is 13.6 Å². The molecule has 0 fully saturated rings. The third kappa shape index (κ3) is 4.79. The Morgan fingerprint density at radius 1 is 1.32 bits per heavy atom. The van der Waals surface area contributed by atoms with Crippen molar-refractivity contribution in [3.05, 3.63) is 63.9 Å². The molecule has 132 valence electrons. The van der Waals surface area contributed by atoms with Crippen molar-refractivity contribution in [3.8, 4) is 0 Å². The summed E-state index contributed by atoms with van der Waals surface area (Å²) in [7, 11) is 1.90. The number of nitrogens with zero attached hydrogens (tertiary/aromatic N) is 2. The molecule has 2 aromatic carbocycles. The first-order valence-electron chi connectivity index (χ1n) is 7.88. The average Bonchev–Trinajstić information content (AvgIpc) is 2.61. The first-order valence-corrected chi connectivity index (χ1v) is 8.25. The van der Waals surface area contributed by atoms with Gasteiger partial charge >= 0.3 is 5.97 Å². The van der Waals surface area contributed by atoms with Crippen molar-refractivity contribution in [2.45, 2.75) is 20.5 Å². The molecule has 2 aromatic rings. The number of ether oxygens (including phenoxy) is 1. The highest BCUT2D eigenvalue weighted by Gasteiger charge is 2.16. The highest BCUT2D eigenvalue weighted by Crippen LogP contribution is 2.31. The van der Waals surface area contributed by atoms with E-state index in [2.05, 4.69) is 4.99 Å². The highest BCUT2D eigenvalue weighted by molar-refractivity contribution is 6.34. The van der Waals surface area contributed by atoms with E-state index in [0.717, 1.165) is 6.54 Å². The van der Waals surface area contributed by atoms with Crippen LogP contribution >= 0.6 is 11.6 Å². The van der Waals surface area contributed by atoms with E-state index < -0.39 is 11.8 Å². The molecule has 0 heterocycles. The lowest BCUT2D eigenvalue weighted by atomic mass is 10.1. The van der Waals surface area contributed by atoms with Crippen LogP contribution in [-0.4, -0.2) is 30.8 Å². The number of benzene rings is 2. The normalized spacial score (nSPS) is 10.9. The second-order valence-corrected chi connectivity index (χ2v) is 5.93. The van der Waals surface area contributed by atoms with Gasteiger partial charge < -0.3 is 9.64 Å². The Hall–Kier alpha value is -2.40. The fourth-order valence-electron chi connectivity index (χ4n) is 2.07. The van der Waals surface area contributed by atoms with Crippen LogP contribution in [0.4, 0.5) is 10.1 Å². The Bertz CT molecular complexity index is 793. The Morgan fingerprint density at radius 3 is 2.72 bits per heavy atom. The number of esters is 1. The van der Waals surface area contributed by atoms with E-state index in [1.807, 2.05) is 18.9 Å². The van der Waals surface area contributed by atoms with E-state index >= 15 is 0 Å². The van der Waals surface area contributed by atoms with Gasteiger partial charge in [0.05, 0.1) is 22.6 Å². The zero-order valence-corrected chi connectivity index (χ0v) is 15.2. The summed E-state index contributed by atoms with van der Waals surface area (Å²) >= 11 is 6.31. The summed E-state index contributed by atoms with van der Waals surface area (Å²) in [6.07, 6.45) is 1.68. The summed E-state index contributed by atoms with van der Waals surface area (Å²) in [6.45, 7) is 4.42. The molecule has 0 saturated carbocycles. The number of halogens is 2. The van der Waals surface area contributed by atoms with Crippen LogP contribution in [0, 0.1) is 12.7 Å². The van der Waals surface area contributed by atoms with Gasteiger partial charge in [-0.05, 0) is 37.6 Å². The van der Waals surface area contributed by atoms with Gasteiger partial charge in [-0.3, -0.25) is 0 Å². The van der Waals surface area contributed by atoms with Crippen molar-refractivity contribution in [1.29, 1.82) is 0 Å². The Morgan fingerprint density at radius 2 is 2.04 bits per heavy atom. The number of hydrogen-bond donors (Lipinski definition) is 0. The molecule has 6 heteroatoms. The predicted octanol–water partition coefficient (Wildman–Crippen LogP) is 4.76. The topological polar surface area (TPSA) is 41.9 Å². The smallest absolute Gasteiger partial charge is 0.338 e. The van der Waals surface area contributed by atoms with Crippen LogP contribution in [0.2, 0.25) is 5.02 Å². The molecule has 4 nitrogen and oxygen atoms in total. The molecule has 0 atom stereocenters. The second-order valence-electron chi connectivity index (χ2n) is 5.56. The quantitative estimate of drug-likeness (QED) is 0.423. The largest absolute Gasteiger partial charge is 0.457 e. The second kappa shape index (κ2) is 8.62. The van der Waals surface area contributed by atoms with Crippen molar-refractivity contribution in [2.24, 2.45) is 4.99 Å². The van der Waals surface area contributed by atoms with Crippen LogP contribution in [-0.2, 0) is 11.3 Å². The van der Waals surface area contributed by atoms with Crippen molar-refractivity contribution in [1.82, 2.24) is 4.90 Å². The minimum absolute atomic E-state index is 0.135. The third-order valence-electron chi connectivity index (χ3n) is 3.80. The third-order valence-corrected chi connectivity index (χ3v) is 4.27. The fourth-order valence-corrected chi connectivity index (χ4v) is 2.28. The van der Waals surface area contributed by atoms with Crippen LogP contribution in [0.5, 0.6) is 0 Å². The molecule has 0 bridgehead atoms. The lowest BCUT2D eigenvalue weighted by Gasteiger charge is -2.11.